The van der Waals surface area contributed by atoms with Crippen molar-refractivity contribution in [2.24, 2.45) is 5.92 Å². The zero-order chi connectivity index (χ0) is 13.0. The van der Waals surface area contributed by atoms with Gasteiger partial charge < -0.3 is 9.63 Å². The predicted octanol–water partition coefficient (Wildman–Crippen LogP) is 1.61. The molecule has 1 saturated carbocycles. The molecule has 0 radical (unpaired) electrons. The van der Waals surface area contributed by atoms with Crippen LogP contribution in [0.5, 0.6) is 0 Å². The Kier molecular flexibility index (Phi) is 4.72. The molecule has 1 heterocycles. The summed E-state index contributed by atoms with van der Waals surface area (Å²) in [6.45, 7) is 3.66. The van der Waals surface area contributed by atoms with Crippen molar-refractivity contribution in [1.29, 1.82) is 0 Å². The summed E-state index contributed by atoms with van der Waals surface area (Å²) in [4.78, 5) is 6.51. The van der Waals surface area contributed by atoms with Gasteiger partial charge in [0.1, 0.15) is 0 Å². The Bertz CT molecular complexity index is 367. The SMILES string of the molecule is CCCc1noc(CN(C)CC2CCCC2O)n1. The van der Waals surface area contributed by atoms with Gasteiger partial charge in [-0.05, 0) is 32.2 Å². The third-order valence-corrected chi connectivity index (χ3v) is 3.55. The molecule has 102 valence electrons. The van der Waals surface area contributed by atoms with Gasteiger partial charge in [0.2, 0.25) is 5.89 Å². The number of rotatable bonds is 6. The van der Waals surface area contributed by atoms with Crippen molar-refractivity contribution in [3.8, 4) is 0 Å². The van der Waals surface area contributed by atoms with Crippen LogP contribution in [0.25, 0.3) is 0 Å². The van der Waals surface area contributed by atoms with E-state index < -0.39 is 0 Å². The third-order valence-electron chi connectivity index (χ3n) is 3.55. The molecule has 2 unspecified atom stereocenters. The summed E-state index contributed by atoms with van der Waals surface area (Å²) in [5, 5.41) is 13.7. The molecule has 1 N–H and O–H groups in total. The second kappa shape index (κ2) is 6.29. The monoisotopic (exact) mass is 253 g/mol. The second-order valence-electron chi connectivity index (χ2n) is 5.31. The Morgan fingerprint density at radius 2 is 2.28 bits per heavy atom. The minimum absolute atomic E-state index is 0.134. The molecule has 0 bridgehead atoms. The number of hydrogen-bond donors (Lipinski definition) is 1. The largest absolute Gasteiger partial charge is 0.393 e. The highest BCUT2D eigenvalue weighted by Gasteiger charge is 2.26. The maximum Gasteiger partial charge on any atom is 0.240 e. The van der Waals surface area contributed by atoms with Crippen molar-refractivity contribution in [2.75, 3.05) is 13.6 Å². The first kappa shape index (κ1) is 13.5. The van der Waals surface area contributed by atoms with Crippen LogP contribution < -0.4 is 0 Å². The summed E-state index contributed by atoms with van der Waals surface area (Å²) in [6, 6.07) is 0. The first-order valence-corrected chi connectivity index (χ1v) is 6.87. The highest BCUT2D eigenvalue weighted by Crippen LogP contribution is 2.26. The Hall–Kier alpha value is -0.940. The average Bonchev–Trinajstić information content (AvgIpc) is 2.90. The van der Waals surface area contributed by atoms with Crippen molar-refractivity contribution in [3.63, 3.8) is 0 Å². The number of nitrogens with zero attached hydrogens (tertiary/aromatic N) is 3. The molecule has 1 aromatic heterocycles. The van der Waals surface area contributed by atoms with Gasteiger partial charge in [-0.3, -0.25) is 4.90 Å². The highest BCUT2D eigenvalue weighted by atomic mass is 16.5. The van der Waals surface area contributed by atoms with E-state index in [0.29, 0.717) is 18.4 Å². The lowest BCUT2D eigenvalue weighted by atomic mass is 10.1. The van der Waals surface area contributed by atoms with Crippen molar-refractivity contribution < 1.29 is 9.63 Å². The van der Waals surface area contributed by atoms with Gasteiger partial charge in [-0.1, -0.05) is 18.5 Å². The van der Waals surface area contributed by atoms with E-state index in [1.165, 1.54) is 0 Å². The molecular weight excluding hydrogens is 230 g/mol. The summed E-state index contributed by atoms with van der Waals surface area (Å²) in [7, 11) is 2.04. The molecule has 1 aliphatic carbocycles. The van der Waals surface area contributed by atoms with Gasteiger partial charge in [0.15, 0.2) is 5.82 Å². The molecule has 18 heavy (non-hydrogen) atoms. The summed E-state index contributed by atoms with van der Waals surface area (Å²) in [5.74, 6) is 1.86. The van der Waals surface area contributed by atoms with Crippen LogP contribution in [0.15, 0.2) is 4.52 Å². The van der Waals surface area contributed by atoms with Crippen molar-refractivity contribution in [3.05, 3.63) is 11.7 Å². The maximum absolute atomic E-state index is 9.80. The number of aryl methyl sites for hydroxylation is 1. The Morgan fingerprint density at radius 1 is 1.44 bits per heavy atom. The van der Waals surface area contributed by atoms with Gasteiger partial charge in [-0.15, -0.1) is 0 Å². The van der Waals surface area contributed by atoms with E-state index in [-0.39, 0.29) is 6.10 Å². The van der Waals surface area contributed by atoms with E-state index in [2.05, 4.69) is 22.0 Å². The van der Waals surface area contributed by atoms with E-state index in [1.54, 1.807) is 0 Å². The Morgan fingerprint density at radius 3 is 2.94 bits per heavy atom. The summed E-state index contributed by atoms with van der Waals surface area (Å²) >= 11 is 0. The van der Waals surface area contributed by atoms with Crippen LogP contribution in [-0.2, 0) is 13.0 Å². The maximum atomic E-state index is 9.80. The molecule has 5 heteroatoms. The third kappa shape index (κ3) is 3.53. The molecule has 1 fully saturated rings. The lowest BCUT2D eigenvalue weighted by Crippen LogP contribution is -2.29. The first-order valence-electron chi connectivity index (χ1n) is 6.87. The lowest BCUT2D eigenvalue weighted by Gasteiger charge is -2.21. The molecule has 2 atom stereocenters. The first-order chi connectivity index (χ1) is 8.69. The van der Waals surface area contributed by atoms with Crippen LogP contribution in [0.1, 0.15) is 44.3 Å². The molecule has 0 amide bonds. The van der Waals surface area contributed by atoms with Crippen molar-refractivity contribution >= 4 is 0 Å². The topological polar surface area (TPSA) is 62.4 Å². The fourth-order valence-electron chi connectivity index (χ4n) is 2.61. The molecule has 1 aromatic rings. The summed E-state index contributed by atoms with van der Waals surface area (Å²) in [5.41, 5.74) is 0. The summed E-state index contributed by atoms with van der Waals surface area (Å²) in [6.07, 6.45) is 4.97. The second-order valence-corrected chi connectivity index (χ2v) is 5.31. The van der Waals surface area contributed by atoms with E-state index in [9.17, 15) is 5.11 Å². The van der Waals surface area contributed by atoms with E-state index >= 15 is 0 Å². The molecule has 0 aliphatic heterocycles. The fourth-order valence-corrected chi connectivity index (χ4v) is 2.61. The quantitative estimate of drug-likeness (QED) is 0.834. The zero-order valence-corrected chi connectivity index (χ0v) is 11.3. The smallest absolute Gasteiger partial charge is 0.240 e. The fraction of sp³-hybridized carbons (Fsp3) is 0.846. The van der Waals surface area contributed by atoms with Crippen LogP contribution in [-0.4, -0.2) is 39.8 Å². The van der Waals surface area contributed by atoms with Gasteiger partial charge in [0, 0.05) is 13.0 Å². The lowest BCUT2D eigenvalue weighted by molar-refractivity contribution is 0.104. The highest BCUT2D eigenvalue weighted by molar-refractivity contribution is 4.87. The van der Waals surface area contributed by atoms with Crippen LogP contribution in [0.4, 0.5) is 0 Å². The molecule has 0 spiro atoms. The van der Waals surface area contributed by atoms with Gasteiger partial charge in [0.05, 0.1) is 12.6 Å². The normalized spacial score (nSPS) is 24.0. The number of hydrogen-bond acceptors (Lipinski definition) is 5. The van der Waals surface area contributed by atoms with Gasteiger partial charge >= 0.3 is 0 Å². The van der Waals surface area contributed by atoms with Crippen molar-refractivity contribution in [1.82, 2.24) is 15.0 Å². The van der Waals surface area contributed by atoms with E-state index in [1.807, 2.05) is 7.05 Å². The number of aromatic nitrogens is 2. The number of aliphatic hydroxyl groups is 1. The minimum atomic E-state index is -0.134. The average molecular weight is 253 g/mol. The van der Waals surface area contributed by atoms with Gasteiger partial charge in [0.25, 0.3) is 0 Å². The Labute approximate surface area is 108 Å². The van der Waals surface area contributed by atoms with Crippen LogP contribution in [0.2, 0.25) is 0 Å². The van der Waals surface area contributed by atoms with Gasteiger partial charge in [-0.2, -0.15) is 4.98 Å². The molecule has 2 rings (SSSR count). The standard InChI is InChI=1S/C13H23N3O2/c1-3-5-12-14-13(18-15-12)9-16(2)8-10-6-4-7-11(10)17/h10-11,17H,3-9H2,1-2H3. The molecular formula is C13H23N3O2. The zero-order valence-electron chi connectivity index (χ0n) is 11.3. The van der Waals surface area contributed by atoms with Crippen LogP contribution in [0.3, 0.4) is 0 Å². The molecule has 1 aliphatic rings. The number of aliphatic hydroxyl groups excluding tert-OH is 1. The van der Waals surface area contributed by atoms with Crippen LogP contribution in [0, 0.1) is 5.92 Å². The van der Waals surface area contributed by atoms with Gasteiger partial charge in [-0.25, -0.2) is 0 Å². The predicted molar refractivity (Wildman–Crippen MR) is 68.0 cm³/mol. The van der Waals surface area contributed by atoms with E-state index in [0.717, 1.165) is 44.5 Å². The molecule has 0 aromatic carbocycles. The van der Waals surface area contributed by atoms with E-state index in [4.69, 9.17) is 4.52 Å². The summed E-state index contributed by atoms with van der Waals surface area (Å²) < 4.78 is 5.21. The Balaban J connectivity index is 1.80. The molecule has 5 nitrogen and oxygen atoms in total. The van der Waals surface area contributed by atoms with Crippen molar-refractivity contribution in [2.45, 2.75) is 51.7 Å². The molecule has 0 saturated heterocycles. The van der Waals surface area contributed by atoms with Crippen LogP contribution >= 0.6 is 0 Å². The minimum Gasteiger partial charge on any atom is -0.393 e.